The Morgan fingerprint density at radius 1 is 1.33 bits per heavy atom. The Hall–Kier alpha value is -1.26. The number of nitrogens with one attached hydrogen (secondary N) is 1. The molecule has 2 saturated carbocycles. The second kappa shape index (κ2) is 4.89. The minimum absolute atomic E-state index is 0.0480. The quantitative estimate of drug-likeness (QED) is 0.891. The first-order valence-corrected chi connectivity index (χ1v) is 9.40. The van der Waals surface area contributed by atoms with Gasteiger partial charge in [-0.25, -0.2) is 0 Å². The largest absolute Gasteiger partial charge is 0.493 e. The van der Waals surface area contributed by atoms with Gasteiger partial charge in [0.25, 0.3) is 0 Å². The van der Waals surface area contributed by atoms with Gasteiger partial charge >= 0.3 is 0 Å². The van der Waals surface area contributed by atoms with Gasteiger partial charge in [-0.1, -0.05) is 6.07 Å². The molecular weight excluding hydrogens is 302 g/mol. The van der Waals surface area contributed by atoms with Gasteiger partial charge in [0.2, 0.25) is 0 Å². The van der Waals surface area contributed by atoms with Crippen LogP contribution in [0.25, 0.3) is 0 Å². The molecule has 4 heteroatoms. The summed E-state index contributed by atoms with van der Waals surface area (Å²) in [5.41, 5.74) is 1.44. The molecule has 0 aromatic heterocycles. The first-order chi connectivity index (χ1) is 11.6. The van der Waals surface area contributed by atoms with Crippen molar-refractivity contribution in [1.82, 2.24) is 5.32 Å². The first kappa shape index (κ1) is 15.0. The van der Waals surface area contributed by atoms with Gasteiger partial charge in [-0.05, 0) is 69.5 Å². The van der Waals surface area contributed by atoms with Crippen molar-refractivity contribution in [2.24, 2.45) is 5.92 Å². The van der Waals surface area contributed by atoms with Gasteiger partial charge in [0.05, 0.1) is 18.1 Å². The smallest absolute Gasteiger partial charge is 0.165 e. The lowest BCUT2D eigenvalue weighted by atomic mass is 9.53. The highest BCUT2D eigenvalue weighted by Crippen LogP contribution is 2.61. The van der Waals surface area contributed by atoms with E-state index in [4.69, 9.17) is 9.47 Å². The molecule has 4 nitrogen and oxygen atoms in total. The van der Waals surface area contributed by atoms with Crippen molar-refractivity contribution in [1.29, 1.82) is 0 Å². The highest BCUT2D eigenvalue weighted by Gasteiger charge is 2.66. The Labute approximate surface area is 143 Å². The maximum Gasteiger partial charge on any atom is 0.165 e. The second-order valence-corrected chi connectivity index (χ2v) is 8.36. The van der Waals surface area contributed by atoms with E-state index >= 15 is 0 Å². The van der Waals surface area contributed by atoms with Crippen LogP contribution < -0.4 is 14.8 Å². The maximum atomic E-state index is 11.9. The fourth-order valence-electron chi connectivity index (χ4n) is 5.50. The predicted octanol–water partition coefficient (Wildman–Crippen LogP) is 2.55. The molecule has 0 amide bonds. The Bertz CT molecular complexity index is 686. The molecule has 5 rings (SSSR count). The normalized spacial score (nSPS) is 39.3. The second-order valence-electron chi connectivity index (χ2n) is 8.36. The van der Waals surface area contributed by atoms with E-state index in [1.807, 2.05) is 6.07 Å². The van der Waals surface area contributed by atoms with Gasteiger partial charge in [-0.15, -0.1) is 0 Å². The zero-order chi connectivity index (χ0) is 16.5. The van der Waals surface area contributed by atoms with Gasteiger partial charge in [0.1, 0.15) is 6.10 Å². The molecular formula is C20H27NO3. The number of methoxy groups -OCH3 is 1. The van der Waals surface area contributed by atoms with Gasteiger partial charge in [-0.2, -0.15) is 0 Å². The summed E-state index contributed by atoms with van der Waals surface area (Å²) < 4.78 is 11.9. The highest BCUT2D eigenvalue weighted by molar-refractivity contribution is 5.61. The molecule has 130 valence electrons. The van der Waals surface area contributed by atoms with Crippen LogP contribution in [-0.4, -0.2) is 36.5 Å². The molecule has 2 fully saturated rings. The van der Waals surface area contributed by atoms with Crippen LogP contribution in [0.2, 0.25) is 0 Å². The van der Waals surface area contributed by atoms with E-state index in [-0.39, 0.29) is 17.6 Å². The minimum Gasteiger partial charge on any atom is -0.493 e. The zero-order valence-corrected chi connectivity index (χ0v) is 14.6. The molecule has 1 heterocycles. The molecule has 1 aliphatic heterocycles. The molecule has 0 radical (unpaired) electrons. The average Bonchev–Trinajstić information content (AvgIpc) is 3.34. The summed E-state index contributed by atoms with van der Waals surface area (Å²) in [4.78, 5) is 0. The third-order valence-electron chi connectivity index (χ3n) is 7.13. The molecule has 2 N–H and O–H groups in total. The summed E-state index contributed by atoms with van der Waals surface area (Å²) in [5, 5.41) is 15.6. The van der Waals surface area contributed by atoms with Crippen LogP contribution in [0, 0.1) is 5.92 Å². The van der Waals surface area contributed by atoms with Gasteiger partial charge in [-0.3, -0.25) is 0 Å². The van der Waals surface area contributed by atoms with E-state index in [1.54, 1.807) is 7.11 Å². The van der Waals surface area contributed by atoms with Crippen molar-refractivity contribution in [3.63, 3.8) is 0 Å². The van der Waals surface area contributed by atoms with Crippen LogP contribution in [-0.2, 0) is 11.8 Å². The molecule has 0 bridgehead atoms. The van der Waals surface area contributed by atoms with Crippen LogP contribution in [0.1, 0.15) is 50.2 Å². The summed E-state index contributed by atoms with van der Waals surface area (Å²) in [7, 11) is 1.70. The SMILES string of the molecule is COc1ccc2c3c1O[C@@H]1CCC[C@](O)([C@@H](NCC4CC4)C2)[C@]31C. The molecule has 3 aliphatic carbocycles. The Balaban J connectivity index is 1.63. The van der Waals surface area contributed by atoms with Crippen molar-refractivity contribution in [2.45, 2.75) is 68.6 Å². The van der Waals surface area contributed by atoms with Crippen molar-refractivity contribution < 1.29 is 14.6 Å². The van der Waals surface area contributed by atoms with Crippen LogP contribution >= 0.6 is 0 Å². The number of ether oxygens (including phenoxy) is 2. The average molecular weight is 329 g/mol. The lowest BCUT2D eigenvalue weighted by Crippen LogP contribution is -2.69. The van der Waals surface area contributed by atoms with E-state index in [2.05, 4.69) is 18.3 Å². The molecule has 1 aromatic rings. The minimum atomic E-state index is -0.741. The van der Waals surface area contributed by atoms with Crippen molar-refractivity contribution in [3.05, 3.63) is 23.3 Å². The van der Waals surface area contributed by atoms with Gasteiger partial charge in [0, 0.05) is 11.6 Å². The fourth-order valence-corrected chi connectivity index (χ4v) is 5.50. The summed E-state index contributed by atoms with van der Waals surface area (Å²) in [6, 6.07) is 4.31. The number of aliphatic hydroxyl groups is 1. The molecule has 4 aliphatic rings. The fraction of sp³-hybridized carbons (Fsp3) is 0.700. The van der Waals surface area contributed by atoms with E-state index < -0.39 is 5.60 Å². The summed E-state index contributed by atoms with van der Waals surface area (Å²) in [6.45, 7) is 3.25. The maximum absolute atomic E-state index is 11.9. The lowest BCUT2D eigenvalue weighted by Gasteiger charge is -2.55. The van der Waals surface area contributed by atoms with Gasteiger partial charge in [0.15, 0.2) is 11.5 Å². The van der Waals surface area contributed by atoms with Crippen molar-refractivity contribution in [2.75, 3.05) is 13.7 Å². The number of hydrogen-bond donors (Lipinski definition) is 2. The van der Waals surface area contributed by atoms with Crippen LogP contribution in [0.3, 0.4) is 0 Å². The van der Waals surface area contributed by atoms with Gasteiger partial charge < -0.3 is 19.9 Å². The number of hydrogen-bond acceptors (Lipinski definition) is 4. The Morgan fingerprint density at radius 2 is 2.17 bits per heavy atom. The van der Waals surface area contributed by atoms with E-state index in [1.165, 1.54) is 24.0 Å². The first-order valence-electron chi connectivity index (χ1n) is 9.40. The van der Waals surface area contributed by atoms with E-state index in [0.717, 1.165) is 49.6 Å². The molecule has 24 heavy (non-hydrogen) atoms. The standard InChI is InChI=1S/C20H27NO3/c1-19-16-4-3-9-20(19,22)15(21-11-12-5-6-12)10-13-7-8-14(23-2)18(24-16)17(13)19/h7-8,12,15-16,21-22H,3-6,9-11H2,1-2H3/t15-,16+,19-,20-/m0/s1. The van der Waals surface area contributed by atoms with Crippen LogP contribution in [0.5, 0.6) is 11.5 Å². The zero-order valence-electron chi connectivity index (χ0n) is 14.6. The summed E-state index contributed by atoms with van der Waals surface area (Å²) in [6.07, 6.45) is 6.46. The van der Waals surface area contributed by atoms with Crippen LogP contribution in [0.15, 0.2) is 12.1 Å². The molecule has 0 unspecified atom stereocenters. The van der Waals surface area contributed by atoms with Crippen molar-refractivity contribution >= 4 is 0 Å². The highest BCUT2D eigenvalue weighted by atomic mass is 16.5. The topological polar surface area (TPSA) is 50.7 Å². The Kier molecular flexibility index (Phi) is 3.06. The number of benzene rings is 1. The molecule has 1 aromatic carbocycles. The summed E-state index contributed by atoms with van der Waals surface area (Å²) >= 11 is 0. The molecule has 0 spiro atoms. The van der Waals surface area contributed by atoms with E-state index in [0.29, 0.717) is 0 Å². The third kappa shape index (κ3) is 1.76. The summed E-state index contributed by atoms with van der Waals surface area (Å²) in [5.74, 6) is 2.49. The predicted molar refractivity (Wildman–Crippen MR) is 91.8 cm³/mol. The lowest BCUT2D eigenvalue weighted by molar-refractivity contribution is -0.125. The third-order valence-corrected chi connectivity index (χ3v) is 7.13. The molecule has 4 atom stereocenters. The monoisotopic (exact) mass is 329 g/mol. The Morgan fingerprint density at radius 3 is 2.92 bits per heavy atom. The van der Waals surface area contributed by atoms with E-state index in [9.17, 15) is 5.11 Å². The van der Waals surface area contributed by atoms with Crippen molar-refractivity contribution in [3.8, 4) is 11.5 Å². The number of rotatable bonds is 4. The molecule has 0 saturated heterocycles. The van der Waals surface area contributed by atoms with Crippen LogP contribution in [0.4, 0.5) is 0 Å².